The zero-order chi connectivity index (χ0) is 31.5. The molecule has 1 amide bonds. The number of phenols is 1. The van der Waals surface area contributed by atoms with Crippen molar-refractivity contribution in [2.45, 2.75) is 31.0 Å². The number of carbonyl (C=O) groups is 5. The zero-order valence-electron chi connectivity index (χ0n) is 24.4. The van der Waals surface area contributed by atoms with Crippen LogP contribution in [0.5, 0.6) is 5.75 Å². The quantitative estimate of drug-likeness (QED) is 0.213. The van der Waals surface area contributed by atoms with Crippen molar-refractivity contribution in [1.82, 2.24) is 4.90 Å². The predicted molar refractivity (Wildman–Crippen MR) is 157 cm³/mol. The molecule has 0 heterocycles. The summed E-state index contributed by atoms with van der Waals surface area (Å²) in [4.78, 5) is 70.4. The van der Waals surface area contributed by atoms with E-state index in [9.17, 15) is 34.2 Å². The van der Waals surface area contributed by atoms with Crippen LogP contribution >= 0.6 is 0 Å². The summed E-state index contributed by atoms with van der Waals surface area (Å²) in [6.07, 6.45) is 5.60. The number of hydrogen-bond acceptors (Lipinski definition) is 10. The van der Waals surface area contributed by atoms with E-state index in [1.54, 1.807) is 51.3 Å². The topological polar surface area (TPSA) is 170 Å². The van der Waals surface area contributed by atoms with Gasteiger partial charge in [-0.25, -0.2) is 0 Å². The Morgan fingerprint density at radius 2 is 1.77 bits per heavy atom. The van der Waals surface area contributed by atoms with Crippen molar-refractivity contribution in [2.24, 2.45) is 29.4 Å². The molecule has 2 aromatic rings. The molecule has 11 nitrogen and oxygen atoms in total. The molecule has 2 fully saturated rings. The van der Waals surface area contributed by atoms with Crippen molar-refractivity contribution in [2.75, 3.05) is 38.4 Å². The van der Waals surface area contributed by atoms with Gasteiger partial charge in [0.1, 0.15) is 5.75 Å². The summed E-state index contributed by atoms with van der Waals surface area (Å²) >= 11 is 0. The molecule has 0 saturated heterocycles. The van der Waals surface area contributed by atoms with Crippen LogP contribution in [-0.2, 0) is 32.1 Å². The number of ketones is 4. The van der Waals surface area contributed by atoms with E-state index in [0.717, 1.165) is 11.1 Å². The third-order valence-electron chi connectivity index (χ3n) is 9.12. The first-order chi connectivity index (χ1) is 20.2. The highest BCUT2D eigenvalue weighted by Gasteiger charge is 2.69. The Balaban J connectivity index is 1.58. The Hall–Kier alpha value is -4.53. The summed E-state index contributed by atoms with van der Waals surface area (Å²) in [6, 6.07) is 7.83. The molecule has 2 saturated carbocycles. The molecular formula is C32H34N4O7. The lowest BCUT2D eigenvalue weighted by atomic mass is 9.52. The summed E-state index contributed by atoms with van der Waals surface area (Å²) < 4.78 is 0. The molecule has 43 heavy (non-hydrogen) atoms. The van der Waals surface area contributed by atoms with Crippen LogP contribution in [0, 0.1) is 36.0 Å². The van der Waals surface area contributed by atoms with Crippen molar-refractivity contribution >= 4 is 40.4 Å². The number of terminal acetylenes is 1. The highest BCUT2D eigenvalue weighted by molar-refractivity contribution is 6.32. The van der Waals surface area contributed by atoms with Gasteiger partial charge in [-0.3, -0.25) is 28.9 Å². The molecule has 0 aromatic heterocycles. The minimum absolute atomic E-state index is 0.00875. The number of nitrogens with zero attached hydrogens (tertiary/aromatic N) is 2. The smallest absolute Gasteiger partial charge is 0.235 e. The zero-order valence-corrected chi connectivity index (χ0v) is 24.4. The Kier molecular flexibility index (Phi) is 7.40. The van der Waals surface area contributed by atoms with Crippen LogP contribution in [0.1, 0.15) is 33.5 Å². The van der Waals surface area contributed by atoms with Crippen LogP contribution in [0.25, 0.3) is 0 Å². The van der Waals surface area contributed by atoms with Crippen LogP contribution in [0.2, 0.25) is 0 Å². The number of nitrogens with two attached hydrogens (primary N) is 1. The van der Waals surface area contributed by atoms with Gasteiger partial charge in [-0.05, 0) is 62.2 Å². The lowest BCUT2D eigenvalue weighted by Gasteiger charge is -2.52. The van der Waals surface area contributed by atoms with Crippen LogP contribution in [0.15, 0.2) is 30.3 Å². The van der Waals surface area contributed by atoms with Gasteiger partial charge in [0.15, 0.2) is 34.7 Å². The van der Waals surface area contributed by atoms with E-state index in [2.05, 4.69) is 11.2 Å². The summed E-state index contributed by atoms with van der Waals surface area (Å²) in [5.41, 5.74) is 5.57. The van der Waals surface area contributed by atoms with Crippen molar-refractivity contribution in [3.63, 3.8) is 0 Å². The molecule has 2 aromatic carbocycles. The van der Waals surface area contributed by atoms with Crippen molar-refractivity contribution in [3.8, 4) is 18.1 Å². The SMILES string of the molecule is C#Cc1ccc(CNc2cc(N(C)C)c3c(c2O)C(=O)C2C(=O)[C@]4(O)C(=O)C(C(N)=O)C(=O)[C@@H](N(C)C)[C@@H]4C[C@@H]2C3)cc1. The van der Waals surface area contributed by atoms with E-state index >= 15 is 0 Å². The third-order valence-corrected chi connectivity index (χ3v) is 9.12. The van der Waals surface area contributed by atoms with Gasteiger partial charge >= 0.3 is 0 Å². The van der Waals surface area contributed by atoms with Crippen molar-refractivity contribution < 1.29 is 34.2 Å². The summed E-state index contributed by atoms with van der Waals surface area (Å²) in [6.45, 7) is 0.299. The number of hydrogen-bond donors (Lipinski definition) is 4. The van der Waals surface area contributed by atoms with Crippen molar-refractivity contribution in [3.05, 3.63) is 52.6 Å². The normalized spacial score (nSPS) is 28.1. The molecule has 2 unspecified atom stereocenters. The first-order valence-electron chi connectivity index (χ1n) is 13.9. The lowest BCUT2D eigenvalue weighted by Crippen LogP contribution is -2.74. The molecule has 3 aliphatic carbocycles. The van der Waals surface area contributed by atoms with E-state index in [-0.39, 0.29) is 29.8 Å². The molecule has 0 bridgehead atoms. The lowest BCUT2D eigenvalue weighted by molar-refractivity contribution is -0.181. The monoisotopic (exact) mass is 586 g/mol. The largest absolute Gasteiger partial charge is 0.505 e. The molecule has 6 atom stereocenters. The second-order valence-electron chi connectivity index (χ2n) is 12.0. The molecule has 0 aliphatic heterocycles. The van der Waals surface area contributed by atoms with Gasteiger partial charge < -0.3 is 26.2 Å². The van der Waals surface area contributed by atoms with Gasteiger partial charge in [-0.1, -0.05) is 18.1 Å². The highest BCUT2D eigenvalue weighted by atomic mass is 16.3. The number of fused-ring (bicyclic) bond motifs is 3. The average Bonchev–Trinajstić information content (AvgIpc) is 2.94. The van der Waals surface area contributed by atoms with Gasteiger partial charge in [0.2, 0.25) is 5.91 Å². The molecule has 0 spiro atoms. The van der Waals surface area contributed by atoms with E-state index in [1.807, 2.05) is 12.1 Å². The highest BCUT2D eigenvalue weighted by Crippen LogP contribution is 2.52. The number of rotatable bonds is 6. The second-order valence-corrected chi connectivity index (χ2v) is 12.0. The molecular weight excluding hydrogens is 552 g/mol. The Bertz CT molecular complexity index is 1610. The predicted octanol–water partition coefficient (Wildman–Crippen LogP) is 0.526. The van der Waals surface area contributed by atoms with Crippen LogP contribution < -0.4 is 16.0 Å². The van der Waals surface area contributed by atoms with Gasteiger partial charge in [-0.2, -0.15) is 0 Å². The first kappa shape index (κ1) is 29.9. The fourth-order valence-corrected chi connectivity index (χ4v) is 7.10. The fourth-order valence-electron chi connectivity index (χ4n) is 7.10. The summed E-state index contributed by atoms with van der Waals surface area (Å²) in [7, 11) is 6.69. The molecule has 224 valence electrons. The molecule has 0 radical (unpaired) electrons. The van der Waals surface area contributed by atoms with Crippen LogP contribution in [0.4, 0.5) is 11.4 Å². The van der Waals surface area contributed by atoms with Gasteiger partial charge in [0.05, 0.1) is 23.2 Å². The standard InChI is InChI=1S/C32H34N4O7/c1-6-15-7-9-16(10-8-15)14-34-20-13-21(35(2)3)18-11-17-12-19-25(36(4)5)28(39)24(31(33)42)30(41)32(19,43)29(40)22(17)27(38)23(18)26(20)37/h1,7-10,13,17,19,22,24-25,34,37,43H,11-12,14H2,2-5H3,(H2,33,42)/t17-,19-,22?,24?,25-,32-/m0/s1. The van der Waals surface area contributed by atoms with E-state index in [1.165, 1.54) is 4.90 Å². The van der Waals surface area contributed by atoms with Gasteiger partial charge in [0, 0.05) is 37.8 Å². The Morgan fingerprint density at radius 1 is 1.12 bits per heavy atom. The number of aromatic hydroxyl groups is 1. The number of anilines is 2. The number of phenolic OH excluding ortho intramolecular Hbond substituents is 1. The number of amides is 1. The number of benzene rings is 2. The Labute approximate surface area is 249 Å². The number of Topliss-reactive ketones (excluding diaryl/α,β-unsaturated/α-hetero) is 4. The number of primary amides is 1. The molecule has 5 rings (SSSR count). The van der Waals surface area contributed by atoms with Gasteiger partial charge in [-0.15, -0.1) is 6.42 Å². The summed E-state index contributed by atoms with van der Waals surface area (Å²) in [5, 5.41) is 26.3. The maximum atomic E-state index is 14.1. The Morgan fingerprint density at radius 3 is 2.33 bits per heavy atom. The number of nitrogens with one attached hydrogen (secondary N) is 1. The summed E-state index contributed by atoms with van der Waals surface area (Å²) in [5.74, 6) is -8.24. The number of carbonyl (C=O) groups excluding carboxylic acids is 5. The molecule has 3 aliphatic rings. The average molecular weight is 587 g/mol. The molecule has 11 heteroatoms. The van der Waals surface area contributed by atoms with Crippen molar-refractivity contribution in [1.29, 1.82) is 0 Å². The maximum Gasteiger partial charge on any atom is 0.235 e. The minimum Gasteiger partial charge on any atom is -0.505 e. The van der Waals surface area contributed by atoms with E-state index in [0.29, 0.717) is 17.8 Å². The fraction of sp³-hybridized carbons (Fsp3) is 0.406. The van der Waals surface area contributed by atoms with Crippen LogP contribution in [0.3, 0.4) is 0 Å². The van der Waals surface area contributed by atoms with E-state index < -0.39 is 64.4 Å². The van der Waals surface area contributed by atoms with Gasteiger partial charge in [0.25, 0.3) is 0 Å². The van der Waals surface area contributed by atoms with Crippen LogP contribution in [-0.4, -0.2) is 84.0 Å². The first-order valence-corrected chi connectivity index (χ1v) is 13.9. The van der Waals surface area contributed by atoms with E-state index in [4.69, 9.17) is 12.2 Å². The second kappa shape index (κ2) is 10.6. The molecule has 5 N–H and O–H groups in total. The maximum absolute atomic E-state index is 14.1. The third kappa shape index (κ3) is 4.49. The number of aliphatic hydroxyl groups is 1. The minimum atomic E-state index is -2.77. The number of likely N-dealkylation sites (N-methyl/N-ethyl adjacent to an activating group) is 1.